The lowest BCUT2D eigenvalue weighted by molar-refractivity contribution is 0.0734. The zero-order valence-corrected chi connectivity index (χ0v) is 18.2. The van der Waals surface area contributed by atoms with Crippen LogP contribution in [-0.4, -0.2) is 5.97 Å². The standard InChI is InChI=1S/C27H33NO2/c1-2-3-4-5-7-18-27(19-8-6-9-20-27)24-14-16-25(17-15-24)30-26(29)23-12-10-22(21-28)11-13-23/h10-17H,2-9,18-20H2,1H3. The van der Waals surface area contributed by atoms with E-state index in [1.807, 2.05) is 12.1 Å². The van der Waals surface area contributed by atoms with Gasteiger partial charge in [0.15, 0.2) is 0 Å². The molecule has 1 aliphatic rings. The summed E-state index contributed by atoms with van der Waals surface area (Å²) in [5.74, 6) is 0.178. The summed E-state index contributed by atoms with van der Waals surface area (Å²) in [4.78, 5) is 12.4. The van der Waals surface area contributed by atoms with Gasteiger partial charge in [-0.3, -0.25) is 0 Å². The monoisotopic (exact) mass is 403 g/mol. The van der Waals surface area contributed by atoms with E-state index in [9.17, 15) is 4.79 Å². The maximum atomic E-state index is 12.4. The predicted molar refractivity (Wildman–Crippen MR) is 121 cm³/mol. The second-order valence-corrected chi connectivity index (χ2v) is 8.61. The molecule has 0 amide bonds. The fraction of sp³-hybridized carbons (Fsp3) is 0.481. The van der Waals surface area contributed by atoms with Gasteiger partial charge in [-0.2, -0.15) is 5.26 Å². The second kappa shape index (κ2) is 11.0. The van der Waals surface area contributed by atoms with Crippen LogP contribution in [-0.2, 0) is 5.41 Å². The number of hydrogen-bond acceptors (Lipinski definition) is 3. The molecular formula is C27H33NO2. The Morgan fingerprint density at radius 3 is 2.23 bits per heavy atom. The van der Waals surface area contributed by atoms with E-state index in [2.05, 4.69) is 25.1 Å². The molecule has 2 aromatic rings. The van der Waals surface area contributed by atoms with Crippen LogP contribution < -0.4 is 4.74 Å². The van der Waals surface area contributed by atoms with E-state index in [-0.39, 0.29) is 0 Å². The third kappa shape index (κ3) is 5.72. The fourth-order valence-electron chi connectivity index (χ4n) is 4.70. The van der Waals surface area contributed by atoms with Crippen molar-refractivity contribution in [1.29, 1.82) is 5.26 Å². The number of esters is 1. The zero-order valence-electron chi connectivity index (χ0n) is 18.2. The third-order valence-corrected chi connectivity index (χ3v) is 6.50. The average molecular weight is 404 g/mol. The molecule has 0 heterocycles. The molecule has 1 aliphatic carbocycles. The van der Waals surface area contributed by atoms with Gasteiger partial charge in [0.2, 0.25) is 0 Å². The highest BCUT2D eigenvalue weighted by molar-refractivity contribution is 5.91. The molecular weight excluding hydrogens is 370 g/mol. The van der Waals surface area contributed by atoms with Gasteiger partial charge >= 0.3 is 5.97 Å². The smallest absolute Gasteiger partial charge is 0.343 e. The van der Waals surface area contributed by atoms with Crippen molar-refractivity contribution in [1.82, 2.24) is 0 Å². The molecule has 0 bridgehead atoms. The highest BCUT2D eigenvalue weighted by atomic mass is 16.5. The molecule has 0 atom stereocenters. The molecule has 3 nitrogen and oxygen atoms in total. The van der Waals surface area contributed by atoms with Crippen LogP contribution in [0.2, 0.25) is 0 Å². The Balaban J connectivity index is 1.65. The number of nitriles is 1. The summed E-state index contributed by atoms with van der Waals surface area (Å²) in [5.41, 5.74) is 2.67. The topological polar surface area (TPSA) is 50.1 Å². The summed E-state index contributed by atoms with van der Waals surface area (Å²) in [6.07, 6.45) is 14.4. The van der Waals surface area contributed by atoms with E-state index < -0.39 is 5.97 Å². The van der Waals surface area contributed by atoms with Gasteiger partial charge in [0.25, 0.3) is 0 Å². The SMILES string of the molecule is CCCCCCCC1(c2ccc(OC(=O)c3ccc(C#N)cc3)cc2)CCCCC1. The average Bonchev–Trinajstić information content (AvgIpc) is 2.80. The highest BCUT2D eigenvalue weighted by Crippen LogP contribution is 2.43. The molecule has 0 N–H and O–H groups in total. The van der Waals surface area contributed by atoms with Gasteiger partial charge in [0.1, 0.15) is 5.75 Å². The van der Waals surface area contributed by atoms with E-state index >= 15 is 0 Å². The lowest BCUT2D eigenvalue weighted by Gasteiger charge is -2.38. The Hall–Kier alpha value is -2.60. The number of unbranched alkanes of at least 4 members (excludes halogenated alkanes) is 4. The number of benzene rings is 2. The van der Waals surface area contributed by atoms with Crippen LogP contribution in [0.3, 0.4) is 0 Å². The first-order valence-electron chi connectivity index (χ1n) is 11.5. The molecule has 0 aliphatic heterocycles. The summed E-state index contributed by atoms with van der Waals surface area (Å²) in [6, 6.07) is 16.8. The lowest BCUT2D eigenvalue weighted by Crippen LogP contribution is -2.29. The highest BCUT2D eigenvalue weighted by Gasteiger charge is 2.33. The van der Waals surface area contributed by atoms with Crippen molar-refractivity contribution in [2.24, 2.45) is 0 Å². The van der Waals surface area contributed by atoms with Crippen LogP contribution in [0.1, 0.15) is 99.0 Å². The van der Waals surface area contributed by atoms with Gasteiger partial charge in [-0.05, 0) is 66.6 Å². The quantitative estimate of drug-likeness (QED) is 0.250. The molecule has 0 aromatic heterocycles. The molecule has 0 spiro atoms. The number of rotatable bonds is 9. The zero-order chi connectivity index (χ0) is 21.2. The summed E-state index contributed by atoms with van der Waals surface area (Å²) in [5, 5.41) is 8.88. The predicted octanol–water partition coefficient (Wildman–Crippen LogP) is 7.34. The number of ether oxygens (including phenoxy) is 1. The number of nitrogens with zero attached hydrogens (tertiary/aromatic N) is 1. The van der Waals surface area contributed by atoms with E-state index in [4.69, 9.17) is 10.00 Å². The molecule has 0 unspecified atom stereocenters. The number of hydrogen-bond donors (Lipinski definition) is 0. The maximum absolute atomic E-state index is 12.4. The van der Waals surface area contributed by atoms with Crippen molar-refractivity contribution in [3.8, 4) is 11.8 Å². The molecule has 3 heteroatoms. The Labute approximate surface area is 181 Å². The minimum atomic E-state index is -0.393. The van der Waals surface area contributed by atoms with Gasteiger partial charge in [0.05, 0.1) is 17.2 Å². The maximum Gasteiger partial charge on any atom is 0.343 e. The van der Waals surface area contributed by atoms with Crippen molar-refractivity contribution in [3.05, 3.63) is 65.2 Å². The van der Waals surface area contributed by atoms with Gasteiger partial charge in [-0.25, -0.2) is 4.79 Å². The summed E-state index contributed by atoms with van der Waals surface area (Å²) in [7, 11) is 0. The van der Waals surface area contributed by atoms with E-state index in [0.717, 1.165) is 0 Å². The molecule has 3 rings (SSSR count). The molecule has 1 fully saturated rings. The molecule has 1 saturated carbocycles. The summed E-state index contributed by atoms with van der Waals surface area (Å²) in [6.45, 7) is 2.26. The first-order valence-corrected chi connectivity index (χ1v) is 11.5. The van der Waals surface area contributed by atoms with Gasteiger partial charge in [-0.15, -0.1) is 0 Å². The van der Waals surface area contributed by atoms with Crippen LogP contribution >= 0.6 is 0 Å². The number of carbonyl (C=O) groups is 1. The lowest BCUT2D eigenvalue weighted by atomic mass is 9.66. The second-order valence-electron chi connectivity index (χ2n) is 8.61. The van der Waals surface area contributed by atoms with E-state index in [0.29, 0.717) is 22.3 Å². The number of carbonyl (C=O) groups excluding carboxylic acids is 1. The van der Waals surface area contributed by atoms with E-state index in [1.165, 1.54) is 76.2 Å². The van der Waals surface area contributed by atoms with Crippen molar-refractivity contribution in [3.63, 3.8) is 0 Å². The van der Waals surface area contributed by atoms with E-state index in [1.54, 1.807) is 24.3 Å². The summed E-state index contributed by atoms with van der Waals surface area (Å²) < 4.78 is 5.55. The first kappa shape index (κ1) is 22.1. The Bertz CT molecular complexity index is 840. The van der Waals surface area contributed by atoms with Gasteiger partial charge in [0, 0.05) is 0 Å². The van der Waals surface area contributed by atoms with Crippen molar-refractivity contribution < 1.29 is 9.53 Å². The van der Waals surface area contributed by atoms with Gasteiger partial charge < -0.3 is 4.74 Å². The largest absolute Gasteiger partial charge is 0.423 e. The fourth-order valence-corrected chi connectivity index (χ4v) is 4.70. The van der Waals surface area contributed by atoms with Crippen molar-refractivity contribution in [2.45, 2.75) is 83.0 Å². The van der Waals surface area contributed by atoms with Crippen molar-refractivity contribution >= 4 is 5.97 Å². The Kier molecular flexibility index (Phi) is 8.08. The Morgan fingerprint density at radius 1 is 0.933 bits per heavy atom. The third-order valence-electron chi connectivity index (χ3n) is 6.50. The first-order chi connectivity index (χ1) is 14.7. The van der Waals surface area contributed by atoms with Crippen LogP contribution in [0, 0.1) is 11.3 Å². The molecule has 0 saturated heterocycles. The molecule has 158 valence electrons. The van der Waals surface area contributed by atoms with Gasteiger partial charge in [-0.1, -0.05) is 70.4 Å². The minimum absolute atomic E-state index is 0.292. The minimum Gasteiger partial charge on any atom is -0.423 e. The normalized spacial score (nSPS) is 15.3. The Morgan fingerprint density at radius 2 is 1.60 bits per heavy atom. The molecule has 0 radical (unpaired) electrons. The van der Waals surface area contributed by atoms with Crippen LogP contribution in [0.5, 0.6) is 5.75 Å². The van der Waals surface area contributed by atoms with Crippen LogP contribution in [0.15, 0.2) is 48.5 Å². The van der Waals surface area contributed by atoms with Crippen molar-refractivity contribution in [2.75, 3.05) is 0 Å². The van der Waals surface area contributed by atoms with Crippen LogP contribution in [0.4, 0.5) is 0 Å². The molecule has 2 aromatic carbocycles. The summed E-state index contributed by atoms with van der Waals surface area (Å²) >= 11 is 0. The molecule has 30 heavy (non-hydrogen) atoms. The van der Waals surface area contributed by atoms with Crippen LogP contribution in [0.25, 0.3) is 0 Å².